The Balaban J connectivity index is 1.70. The van der Waals surface area contributed by atoms with Crippen LogP contribution in [0.15, 0.2) is 79.1 Å². The molecule has 3 heteroatoms. The largest absolute Gasteiger partial charge is 0.396 e. The van der Waals surface area contributed by atoms with Crippen molar-refractivity contribution < 1.29 is 5.11 Å². The maximum absolute atomic E-state index is 9.18. The van der Waals surface area contributed by atoms with Crippen LogP contribution >= 0.6 is 0 Å². The quantitative estimate of drug-likeness (QED) is 0.644. The van der Waals surface area contributed by atoms with Crippen molar-refractivity contribution in [2.24, 2.45) is 0 Å². The molecular formula is C22H24N2O. The highest BCUT2D eigenvalue weighted by atomic mass is 16.2. The zero-order chi connectivity index (χ0) is 17.3. The average Bonchev–Trinajstić information content (AvgIpc) is 2.70. The summed E-state index contributed by atoms with van der Waals surface area (Å²) in [6.07, 6.45) is 5.36. The molecule has 128 valence electrons. The van der Waals surface area contributed by atoms with Crippen LogP contribution in [0.3, 0.4) is 0 Å². The fourth-order valence-electron chi connectivity index (χ4n) is 3.01. The van der Waals surface area contributed by atoms with Crippen molar-refractivity contribution in [1.82, 2.24) is 10.3 Å². The normalized spacial score (nSPS) is 12.0. The minimum Gasteiger partial charge on any atom is -0.396 e. The Labute approximate surface area is 149 Å². The first-order valence-corrected chi connectivity index (χ1v) is 8.75. The molecule has 1 aromatic heterocycles. The lowest BCUT2D eigenvalue weighted by molar-refractivity contribution is 0.275. The Hall–Kier alpha value is -2.49. The van der Waals surface area contributed by atoms with E-state index in [2.05, 4.69) is 58.8 Å². The van der Waals surface area contributed by atoms with Gasteiger partial charge in [-0.15, -0.1) is 0 Å². The Bertz CT molecular complexity index is 759. The minimum atomic E-state index is 0.225. The molecule has 0 aliphatic rings. The molecule has 0 spiro atoms. The Morgan fingerprint density at radius 2 is 1.68 bits per heavy atom. The smallest absolute Gasteiger partial charge is 0.0431 e. The van der Waals surface area contributed by atoms with Crippen molar-refractivity contribution in [3.05, 3.63) is 90.3 Å². The zero-order valence-electron chi connectivity index (χ0n) is 14.3. The predicted molar refractivity (Wildman–Crippen MR) is 102 cm³/mol. The van der Waals surface area contributed by atoms with Crippen molar-refractivity contribution >= 4 is 0 Å². The molecule has 0 aliphatic heterocycles. The number of hydrogen-bond donors (Lipinski definition) is 2. The molecule has 3 aromatic rings. The number of aromatic nitrogens is 1. The third-order valence-electron chi connectivity index (χ3n) is 4.35. The van der Waals surface area contributed by atoms with Gasteiger partial charge in [0.05, 0.1) is 0 Å². The van der Waals surface area contributed by atoms with E-state index in [1.54, 1.807) is 0 Å². The van der Waals surface area contributed by atoms with Gasteiger partial charge in [-0.3, -0.25) is 4.98 Å². The van der Waals surface area contributed by atoms with Crippen LogP contribution in [0.25, 0.3) is 11.1 Å². The number of pyridine rings is 1. The van der Waals surface area contributed by atoms with Gasteiger partial charge in [-0.05, 0) is 53.3 Å². The molecule has 25 heavy (non-hydrogen) atoms. The molecule has 2 N–H and O–H groups in total. The van der Waals surface area contributed by atoms with Gasteiger partial charge in [0.1, 0.15) is 0 Å². The molecule has 1 atom stereocenters. The Kier molecular flexibility index (Phi) is 6.32. The molecule has 0 aliphatic carbocycles. The summed E-state index contributed by atoms with van der Waals surface area (Å²) in [6.45, 7) is 1.02. The second-order valence-corrected chi connectivity index (χ2v) is 6.15. The second kappa shape index (κ2) is 9.11. The number of aliphatic hydroxyl groups is 1. The third-order valence-corrected chi connectivity index (χ3v) is 4.35. The van der Waals surface area contributed by atoms with Crippen molar-refractivity contribution in [1.29, 1.82) is 0 Å². The predicted octanol–water partition coefficient (Wildman–Crippen LogP) is 4.35. The van der Waals surface area contributed by atoms with E-state index in [1.165, 1.54) is 22.3 Å². The van der Waals surface area contributed by atoms with E-state index < -0.39 is 0 Å². The molecule has 0 saturated heterocycles. The molecule has 0 fully saturated rings. The summed E-state index contributed by atoms with van der Waals surface area (Å²) in [7, 11) is 0. The van der Waals surface area contributed by atoms with Gasteiger partial charge in [0.2, 0.25) is 0 Å². The number of benzene rings is 2. The summed E-state index contributed by atoms with van der Waals surface area (Å²) in [5, 5.41) is 12.8. The van der Waals surface area contributed by atoms with Gasteiger partial charge in [-0.25, -0.2) is 0 Å². The fourth-order valence-corrected chi connectivity index (χ4v) is 3.01. The SMILES string of the molecule is OCCCC(NCc1cccc(-c2ccncc2)c1)c1ccccc1. The van der Waals surface area contributed by atoms with Gasteiger partial charge in [0.25, 0.3) is 0 Å². The lowest BCUT2D eigenvalue weighted by Crippen LogP contribution is -2.21. The van der Waals surface area contributed by atoms with Crippen LogP contribution in [0.2, 0.25) is 0 Å². The van der Waals surface area contributed by atoms with Gasteiger partial charge in [-0.1, -0.05) is 48.5 Å². The number of hydrogen-bond acceptors (Lipinski definition) is 3. The molecule has 2 aromatic carbocycles. The summed E-state index contributed by atoms with van der Waals surface area (Å²) in [5.41, 5.74) is 4.89. The summed E-state index contributed by atoms with van der Waals surface area (Å²) in [5.74, 6) is 0. The van der Waals surface area contributed by atoms with Crippen molar-refractivity contribution in [2.75, 3.05) is 6.61 Å². The lowest BCUT2D eigenvalue weighted by atomic mass is 10.0. The van der Waals surface area contributed by atoms with Crippen molar-refractivity contribution in [3.8, 4) is 11.1 Å². The first-order valence-electron chi connectivity index (χ1n) is 8.75. The molecule has 0 radical (unpaired) electrons. The van der Waals surface area contributed by atoms with Crippen molar-refractivity contribution in [2.45, 2.75) is 25.4 Å². The maximum atomic E-state index is 9.18. The number of nitrogens with zero attached hydrogens (tertiary/aromatic N) is 1. The first kappa shape index (κ1) is 17.3. The number of aliphatic hydroxyl groups excluding tert-OH is 1. The van der Waals surface area contributed by atoms with Gasteiger partial charge in [-0.2, -0.15) is 0 Å². The molecule has 1 heterocycles. The molecule has 0 amide bonds. The minimum absolute atomic E-state index is 0.225. The zero-order valence-corrected chi connectivity index (χ0v) is 14.3. The molecule has 3 nitrogen and oxygen atoms in total. The van der Waals surface area contributed by atoms with Gasteiger partial charge in [0.15, 0.2) is 0 Å². The summed E-state index contributed by atoms with van der Waals surface area (Å²) < 4.78 is 0. The number of nitrogens with one attached hydrogen (secondary N) is 1. The molecule has 0 saturated carbocycles. The van der Waals surface area contributed by atoms with Crippen LogP contribution < -0.4 is 5.32 Å². The van der Waals surface area contributed by atoms with Crippen LogP contribution in [-0.2, 0) is 6.54 Å². The van der Waals surface area contributed by atoms with Crippen LogP contribution in [-0.4, -0.2) is 16.7 Å². The van der Waals surface area contributed by atoms with E-state index in [1.807, 2.05) is 30.6 Å². The summed E-state index contributed by atoms with van der Waals surface area (Å²) in [4.78, 5) is 4.08. The highest BCUT2D eigenvalue weighted by molar-refractivity contribution is 5.63. The van der Waals surface area contributed by atoms with Gasteiger partial charge in [0, 0.05) is 31.6 Å². The van der Waals surface area contributed by atoms with E-state index in [-0.39, 0.29) is 12.6 Å². The van der Waals surface area contributed by atoms with E-state index in [0.29, 0.717) is 0 Å². The highest BCUT2D eigenvalue weighted by Gasteiger charge is 2.10. The first-order chi connectivity index (χ1) is 12.4. The van der Waals surface area contributed by atoms with E-state index >= 15 is 0 Å². The summed E-state index contributed by atoms with van der Waals surface area (Å²) >= 11 is 0. The maximum Gasteiger partial charge on any atom is 0.0431 e. The molecular weight excluding hydrogens is 308 g/mol. The Morgan fingerprint density at radius 3 is 2.44 bits per heavy atom. The van der Waals surface area contributed by atoms with Crippen molar-refractivity contribution in [3.63, 3.8) is 0 Å². The van der Waals surface area contributed by atoms with E-state index in [4.69, 9.17) is 0 Å². The fraction of sp³-hybridized carbons (Fsp3) is 0.227. The number of rotatable bonds is 8. The van der Waals surface area contributed by atoms with Crippen LogP contribution in [0.1, 0.15) is 30.0 Å². The second-order valence-electron chi connectivity index (χ2n) is 6.15. The average molecular weight is 332 g/mol. The van der Waals surface area contributed by atoms with E-state index in [9.17, 15) is 5.11 Å². The van der Waals surface area contributed by atoms with Crippen LogP contribution in [0, 0.1) is 0 Å². The Morgan fingerprint density at radius 1 is 0.880 bits per heavy atom. The molecule has 1 unspecified atom stereocenters. The third kappa shape index (κ3) is 4.99. The van der Waals surface area contributed by atoms with Gasteiger partial charge >= 0.3 is 0 Å². The highest BCUT2D eigenvalue weighted by Crippen LogP contribution is 2.22. The monoisotopic (exact) mass is 332 g/mol. The molecule has 3 rings (SSSR count). The summed E-state index contributed by atoms with van der Waals surface area (Å²) in [6, 6.07) is 23.3. The van der Waals surface area contributed by atoms with Crippen LogP contribution in [0.4, 0.5) is 0 Å². The van der Waals surface area contributed by atoms with Gasteiger partial charge < -0.3 is 10.4 Å². The van der Waals surface area contributed by atoms with E-state index in [0.717, 1.165) is 19.4 Å². The topological polar surface area (TPSA) is 45.1 Å². The standard InChI is InChI=1S/C22H24N2O/c25-15-5-10-22(20-7-2-1-3-8-20)24-17-18-6-4-9-21(16-18)19-11-13-23-14-12-19/h1-4,6-9,11-14,16,22,24-25H,5,10,15,17H2. The van der Waals surface area contributed by atoms with Crippen LogP contribution in [0.5, 0.6) is 0 Å². The molecule has 0 bridgehead atoms. The lowest BCUT2D eigenvalue weighted by Gasteiger charge is -2.19.